The predicted molar refractivity (Wildman–Crippen MR) is 68.5 cm³/mol. The maximum atomic E-state index is 11.2. The van der Waals surface area contributed by atoms with E-state index in [1.165, 1.54) is 24.8 Å². The summed E-state index contributed by atoms with van der Waals surface area (Å²) >= 11 is 0. The van der Waals surface area contributed by atoms with Gasteiger partial charge in [0.05, 0.1) is 5.56 Å². The van der Waals surface area contributed by atoms with Crippen LogP contribution in [0.25, 0.3) is 0 Å². The Kier molecular flexibility index (Phi) is 3.51. The third-order valence-corrected chi connectivity index (χ3v) is 3.84. The molecule has 1 fully saturated rings. The molecule has 0 bridgehead atoms. The first-order chi connectivity index (χ1) is 8.09. The number of hydrogen-bond acceptors (Lipinski definition) is 1. The number of benzene rings is 1. The summed E-state index contributed by atoms with van der Waals surface area (Å²) in [7, 11) is 0. The number of hydrogen-bond donors (Lipinski definition) is 1. The molecule has 0 spiro atoms. The van der Waals surface area contributed by atoms with Crippen molar-refractivity contribution in [2.75, 3.05) is 0 Å². The summed E-state index contributed by atoms with van der Waals surface area (Å²) in [4.78, 5) is 11.2. The maximum Gasteiger partial charge on any atom is 0.335 e. The molecule has 0 saturated heterocycles. The highest BCUT2D eigenvalue weighted by atomic mass is 16.4. The molecule has 2 heteroatoms. The van der Waals surface area contributed by atoms with Crippen LogP contribution in [-0.4, -0.2) is 11.1 Å². The minimum Gasteiger partial charge on any atom is -0.478 e. The molecule has 2 nitrogen and oxygen atoms in total. The van der Waals surface area contributed by atoms with Gasteiger partial charge in [-0.25, -0.2) is 4.79 Å². The van der Waals surface area contributed by atoms with E-state index in [1.54, 1.807) is 6.07 Å². The van der Waals surface area contributed by atoms with E-state index >= 15 is 0 Å². The third-order valence-electron chi connectivity index (χ3n) is 3.84. The van der Waals surface area contributed by atoms with E-state index in [0.717, 1.165) is 29.9 Å². The molecule has 1 aliphatic carbocycles. The number of carbonyl (C=O) groups is 1. The minimum atomic E-state index is -0.797. The molecule has 0 amide bonds. The fraction of sp³-hybridized carbons (Fsp3) is 0.533. The van der Waals surface area contributed by atoms with Crippen molar-refractivity contribution in [3.8, 4) is 0 Å². The molecular formula is C15H20O2. The van der Waals surface area contributed by atoms with Crippen LogP contribution in [0.3, 0.4) is 0 Å². The Bertz CT molecular complexity index is 431. The van der Waals surface area contributed by atoms with Crippen molar-refractivity contribution in [2.24, 2.45) is 5.92 Å². The summed E-state index contributed by atoms with van der Waals surface area (Å²) in [5, 5.41) is 9.20. The van der Waals surface area contributed by atoms with Crippen LogP contribution in [0.5, 0.6) is 0 Å². The van der Waals surface area contributed by atoms with Gasteiger partial charge < -0.3 is 5.11 Å². The number of aryl methyl sites for hydroxylation is 1. The Labute approximate surface area is 103 Å². The molecule has 1 aromatic carbocycles. The van der Waals surface area contributed by atoms with Gasteiger partial charge in [0.2, 0.25) is 0 Å². The highest BCUT2D eigenvalue weighted by Crippen LogP contribution is 2.34. The molecule has 0 aliphatic heterocycles. The van der Waals surface area contributed by atoms with Crippen molar-refractivity contribution in [1.82, 2.24) is 0 Å². The van der Waals surface area contributed by atoms with Gasteiger partial charge in [0, 0.05) is 0 Å². The Hall–Kier alpha value is -1.31. The summed E-state index contributed by atoms with van der Waals surface area (Å²) in [6.45, 7) is 4.08. The van der Waals surface area contributed by atoms with E-state index in [2.05, 4.69) is 0 Å². The fourth-order valence-electron chi connectivity index (χ4n) is 2.37. The molecule has 0 aromatic heterocycles. The van der Waals surface area contributed by atoms with E-state index in [1.807, 2.05) is 19.9 Å². The average molecular weight is 232 g/mol. The number of aromatic carboxylic acids is 1. The second-order valence-electron chi connectivity index (χ2n) is 5.17. The smallest absolute Gasteiger partial charge is 0.335 e. The van der Waals surface area contributed by atoms with Crippen LogP contribution >= 0.6 is 0 Å². The molecule has 92 valence electrons. The van der Waals surface area contributed by atoms with Crippen LogP contribution in [0, 0.1) is 19.8 Å². The zero-order chi connectivity index (χ0) is 12.4. The first-order valence-electron chi connectivity index (χ1n) is 6.42. The number of carboxylic acid groups (broad SMARTS) is 1. The van der Waals surface area contributed by atoms with Crippen LogP contribution in [0.15, 0.2) is 12.1 Å². The van der Waals surface area contributed by atoms with E-state index in [9.17, 15) is 9.90 Å². The molecule has 0 unspecified atom stereocenters. The first-order valence-corrected chi connectivity index (χ1v) is 6.42. The monoisotopic (exact) mass is 232 g/mol. The molecule has 0 heterocycles. The van der Waals surface area contributed by atoms with Crippen molar-refractivity contribution >= 4 is 5.97 Å². The Morgan fingerprint density at radius 1 is 1.35 bits per heavy atom. The lowest BCUT2D eigenvalue weighted by molar-refractivity contribution is 0.0695. The van der Waals surface area contributed by atoms with E-state index in [4.69, 9.17) is 0 Å². The zero-order valence-electron chi connectivity index (χ0n) is 10.6. The molecular weight excluding hydrogens is 212 g/mol. The van der Waals surface area contributed by atoms with Crippen LogP contribution in [0.1, 0.15) is 52.7 Å². The quantitative estimate of drug-likeness (QED) is 0.839. The van der Waals surface area contributed by atoms with Gasteiger partial charge in [-0.1, -0.05) is 25.3 Å². The van der Waals surface area contributed by atoms with Gasteiger partial charge in [0.15, 0.2) is 0 Å². The third kappa shape index (κ3) is 2.87. The second kappa shape index (κ2) is 4.91. The van der Waals surface area contributed by atoms with Crippen LogP contribution in [0.4, 0.5) is 0 Å². The summed E-state index contributed by atoms with van der Waals surface area (Å²) in [6.07, 6.45) is 6.03. The van der Waals surface area contributed by atoms with Gasteiger partial charge in [-0.15, -0.1) is 0 Å². The summed E-state index contributed by atoms with van der Waals surface area (Å²) in [6, 6.07) is 3.65. The Balaban J connectivity index is 2.15. The van der Waals surface area contributed by atoms with Gasteiger partial charge in [-0.05, 0) is 55.4 Å². The highest BCUT2D eigenvalue weighted by Gasteiger charge is 2.21. The molecule has 2 rings (SSSR count). The lowest BCUT2D eigenvalue weighted by Crippen LogP contribution is -2.06. The lowest BCUT2D eigenvalue weighted by atomic mass is 9.93. The van der Waals surface area contributed by atoms with Gasteiger partial charge >= 0.3 is 5.97 Å². The average Bonchev–Trinajstić information content (AvgIpc) is 3.08. The zero-order valence-corrected chi connectivity index (χ0v) is 10.6. The molecule has 1 N–H and O–H groups in total. The fourth-order valence-corrected chi connectivity index (χ4v) is 2.37. The molecule has 0 atom stereocenters. The van der Waals surface area contributed by atoms with E-state index in [-0.39, 0.29) is 0 Å². The molecule has 17 heavy (non-hydrogen) atoms. The maximum absolute atomic E-state index is 11.2. The van der Waals surface area contributed by atoms with Crippen molar-refractivity contribution in [3.63, 3.8) is 0 Å². The van der Waals surface area contributed by atoms with Gasteiger partial charge in [0.25, 0.3) is 0 Å². The van der Waals surface area contributed by atoms with Crippen molar-refractivity contribution in [2.45, 2.75) is 46.0 Å². The molecule has 1 saturated carbocycles. The van der Waals surface area contributed by atoms with E-state index in [0.29, 0.717) is 5.56 Å². The van der Waals surface area contributed by atoms with E-state index < -0.39 is 5.97 Å². The molecule has 1 aliphatic rings. The standard InChI is InChI=1S/C15H20O2/c1-10-6-9-14(15(16)17)13(11(10)2)5-3-4-12-7-8-12/h6,9,12H,3-5,7-8H2,1-2H3,(H,16,17). The predicted octanol–water partition coefficient (Wildman–Crippen LogP) is 3.73. The van der Waals surface area contributed by atoms with Gasteiger partial charge in [-0.2, -0.15) is 0 Å². The largest absolute Gasteiger partial charge is 0.478 e. The molecule has 1 aromatic rings. The first kappa shape index (κ1) is 12.2. The second-order valence-corrected chi connectivity index (χ2v) is 5.17. The SMILES string of the molecule is Cc1ccc(C(=O)O)c(CCCC2CC2)c1C. The topological polar surface area (TPSA) is 37.3 Å². The van der Waals surface area contributed by atoms with Crippen LogP contribution in [0.2, 0.25) is 0 Å². The van der Waals surface area contributed by atoms with Gasteiger partial charge in [0.1, 0.15) is 0 Å². The molecule has 0 radical (unpaired) electrons. The minimum absolute atomic E-state index is 0.490. The van der Waals surface area contributed by atoms with Crippen LogP contribution < -0.4 is 0 Å². The normalized spacial score (nSPS) is 14.9. The van der Waals surface area contributed by atoms with Gasteiger partial charge in [-0.3, -0.25) is 0 Å². The number of carboxylic acids is 1. The Morgan fingerprint density at radius 3 is 2.65 bits per heavy atom. The van der Waals surface area contributed by atoms with Crippen molar-refractivity contribution in [3.05, 3.63) is 34.4 Å². The van der Waals surface area contributed by atoms with Crippen molar-refractivity contribution in [1.29, 1.82) is 0 Å². The van der Waals surface area contributed by atoms with Crippen molar-refractivity contribution < 1.29 is 9.90 Å². The summed E-state index contributed by atoms with van der Waals surface area (Å²) in [5.41, 5.74) is 3.87. The lowest BCUT2D eigenvalue weighted by Gasteiger charge is -2.12. The summed E-state index contributed by atoms with van der Waals surface area (Å²) in [5.74, 6) is 0.128. The van der Waals surface area contributed by atoms with Crippen LogP contribution in [-0.2, 0) is 6.42 Å². The number of rotatable bonds is 5. The highest BCUT2D eigenvalue weighted by molar-refractivity contribution is 5.90. The summed E-state index contributed by atoms with van der Waals surface area (Å²) < 4.78 is 0. The Morgan fingerprint density at radius 2 is 2.06 bits per heavy atom.